The summed E-state index contributed by atoms with van der Waals surface area (Å²) in [6, 6.07) is 14.4. The number of carbonyl (C=O) groups excluding carboxylic acids is 2. The van der Waals surface area contributed by atoms with Crippen molar-refractivity contribution in [1.29, 1.82) is 0 Å². The Morgan fingerprint density at radius 3 is 2.46 bits per heavy atom. The molecule has 3 aromatic rings. The summed E-state index contributed by atoms with van der Waals surface area (Å²) >= 11 is 7.39. The summed E-state index contributed by atoms with van der Waals surface area (Å²) in [5, 5.41) is 0. The van der Waals surface area contributed by atoms with Crippen LogP contribution in [0.2, 0.25) is 4.34 Å². The van der Waals surface area contributed by atoms with E-state index in [2.05, 4.69) is 18.8 Å². The molecule has 0 saturated carbocycles. The van der Waals surface area contributed by atoms with E-state index in [4.69, 9.17) is 11.6 Å². The van der Waals surface area contributed by atoms with Crippen LogP contribution < -0.4 is 5.56 Å². The van der Waals surface area contributed by atoms with Crippen molar-refractivity contribution in [2.24, 2.45) is 5.92 Å². The minimum atomic E-state index is -0.478. The highest BCUT2D eigenvalue weighted by molar-refractivity contribution is 7.17. The molecule has 1 N–H and O–H groups in total. The fraction of sp³-hybridized carbons (Fsp3) is 0.296. The highest BCUT2D eigenvalue weighted by Gasteiger charge is 2.36. The first-order valence-electron chi connectivity index (χ1n) is 11.6. The lowest BCUT2D eigenvalue weighted by Crippen LogP contribution is -2.58. The lowest BCUT2D eigenvalue weighted by Gasteiger charge is -2.41. The van der Waals surface area contributed by atoms with Crippen LogP contribution in [-0.4, -0.2) is 45.7 Å². The molecular formula is C27H28ClN3O3S. The highest BCUT2D eigenvalue weighted by atomic mass is 35.5. The Kier molecular flexibility index (Phi) is 7.88. The van der Waals surface area contributed by atoms with Gasteiger partial charge in [-0.2, -0.15) is 0 Å². The molecule has 182 valence electrons. The zero-order chi connectivity index (χ0) is 24.9. The molecule has 1 aliphatic rings. The van der Waals surface area contributed by atoms with Crippen LogP contribution in [0.15, 0.2) is 65.6 Å². The number of halogens is 1. The van der Waals surface area contributed by atoms with Gasteiger partial charge in [-0.1, -0.05) is 49.7 Å². The Morgan fingerprint density at radius 2 is 1.83 bits per heavy atom. The first-order chi connectivity index (χ1) is 16.8. The van der Waals surface area contributed by atoms with Crippen LogP contribution in [0, 0.1) is 5.92 Å². The van der Waals surface area contributed by atoms with Gasteiger partial charge in [0, 0.05) is 42.9 Å². The zero-order valence-corrected chi connectivity index (χ0v) is 21.3. The summed E-state index contributed by atoms with van der Waals surface area (Å²) in [5.74, 6) is 0.102. The maximum absolute atomic E-state index is 13.4. The van der Waals surface area contributed by atoms with E-state index in [1.54, 1.807) is 29.3 Å². The molecule has 35 heavy (non-hydrogen) atoms. The van der Waals surface area contributed by atoms with Crippen LogP contribution in [0.4, 0.5) is 0 Å². The van der Waals surface area contributed by atoms with Crippen LogP contribution in [0.25, 0.3) is 17.2 Å². The quantitative estimate of drug-likeness (QED) is 0.453. The number of aromatic nitrogens is 1. The number of hydrogen-bond donors (Lipinski definition) is 1. The highest BCUT2D eigenvalue weighted by Crippen LogP contribution is 2.25. The number of thiophene rings is 1. The summed E-state index contributed by atoms with van der Waals surface area (Å²) in [7, 11) is 0. The Bertz CT molecular complexity index is 1260. The maximum Gasteiger partial charge on any atom is 0.247 e. The van der Waals surface area contributed by atoms with Gasteiger partial charge in [0.15, 0.2) is 0 Å². The third-order valence-electron chi connectivity index (χ3n) is 5.99. The molecule has 8 heteroatoms. The van der Waals surface area contributed by atoms with Gasteiger partial charge in [-0.05, 0) is 53.3 Å². The van der Waals surface area contributed by atoms with Gasteiger partial charge in [-0.15, -0.1) is 11.3 Å². The number of benzene rings is 1. The third-order valence-corrected chi connectivity index (χ3v) is 7.19. The number of amides is 2. The molecule has 2 aromatic heterocycles. The van der Waals surface area contributed by atoms with Crippen LogP contribution in [0.1, 0.15) is 30.7 Å². The molecule has 1 saturated heterocycles. The van der Waals surface area contributed by atoms with E-state index >= 15 is 0 Å². The second kappa shape index (κ2) is 11.1. The molecule has 0 aliphatic carbocycles. The molecule has 1 aliphatic heterocycles. The van der Waals surface area contributed by atoms with Crippen molar-refractivity contribution in [2.45, 2.75) is 32.9 Å². The van der Waals surface area contributed by atoms with Crippen LogP contribution >= 0.6 is 22.9 Å². The van der Waals surface area contributed by atoms with Crippen molar-refractivity contribution < 1.29 is 9.59 Å². The lowest BCUT2D eigenvalue weighted by atomic mass is 9.98. The summed E-state index contributed by atoms with van der Waals surface area (Å²) in [4.78, 5) is 44.9. The smallest absolute Gasteiger partial charge is 0.247 e. The zero-order valence-electron chi connectivity index (χ0n) is 19.7. The second-order valence-corrected chi connectivity index (χ2v) is 10.8. The van der Waals surface area contributed by atoms with Gasteiger partial charge in [-0.25, -0.2) is 0 Å². The average Bonchev–Trinajstić information content (AvgIpc) is 3.26. The predicted octanol–water partition coefficient (Wildman–Crippen LogP) is 5.06. The Morgan fingerprint density at radius 1 is 1.09 bits per heavy atom. The maximum atomic E-state index is 13.4. The van der Waals surface area contributed by atoms with Crippen LogP contribution in [-0.2, 0) is 16.1 Å². The molecule has 0 bridgehead atoms. The molecular weight excluding hydrogens is 482 g/mol. The fourth-order valence-corrected chi connectivity index (χ4v) is 5.18. The van der Waals surface area contributed by atoms with Crippen molar-refractivity contribution in [3.05, 3.63) is 85.9 Å². The molecule has 3 heterocycles. The lowest BCUT2D eigenvalue weighted by molar-refractivity contribution is -0.150. The van der Waals surface area contributed by atoms with E-state index in [9.17, 15) is 14.4 Å². The van der Waals surface area contributed by atoms with Crippen molar-refractivity contribution in [1.82, 2.24) is 14.8 Å². The van der Waals surface area contributed by atoms with Gasteiger partial charge >= 0.3 is 0 Å². The van der Waals surface area contributed by atoms with E-state index in [-0.39, 0.29) is 23.3 Å². The fourth-order valence-electron chi connectivity index (χ4n) is 4.21. The van der Waals surface area contributed by atoms with Crippen LogP contribution in [0.5, 0.6) is 0 Å². The van der Waals surface area contributed by atoms with Crippen molar-refractivity contribution in [3.63, 3.8) is 0 Å². The number of H-pyrrole nitrogens is 1. The van der Waals surface area contributed by atoms with Crippen molar-refractivity contribution in [2.75, 3.05) is 13.1 Å². The summed E-state index contributed by atoms with van der Waals surface area (Å²) in [6.45, 7) is 5.60. The Labute approximate surface area is 213 Å². The molecule has 6 nitrogen and oxygen atoms in total. The number of hydrogen-bond acceptors (Lipinski definition) is 4. The number of nitrogens with one attached hydrogen (secondary N) is 1. The van der Waals surface area contributed by atoms with Gasteiger partial charge in [-0.3, -0.25) is 14.4 Å². The first-order valence-corrected chi connectivity index (χ1v) is 12.8. The summed E-state index contributed by atoms with van der Waals surface area (Å²) in [5.41, 5.74) is 2.80. The van der Waals surface area contributed by atoms with E-state index in [1.807, 2.05) is 35.2 Å². The number of piperazine rings is 1. The van der Waals surface area contributed by atoms with E-state index in [1.165, 1.54) is 23.5 Å². The van der Waals surface area contributed by atoms with E-state index in [0.717, 1.165) is 21.6 Å². The monoisotopic (exact) mass is 509 g/mol. The topological polar surface area (TPSA) is 73.5 Å². The molecule has 1 aromatic carbocycles. The standard InChI is InChI=1S/C27H28ClN3O3S/c1-18(2)15-23-27(34)30(13-14-31(23)26(33)12-9-22-8-10-24(28)35-22)17-19-3-5-20(6-4-19)21-7-11-25(32)29-16-21/h3-12,16,18,23H,13-15,17H2,1-2H3,(H,29,32)/b12-9+. The number of aromatic amines is 1. The largest absolute Gasteiger partial charge is 0.335 e. The van der Waals surface area contributed by atoms with Crippen molar-refractivity contribution >= 4 is 40.8 Å². The van der Waals surface area contributed by atoms with Gasteiger partial charge in [0.25, 0.3) is 0 Å². The second-order valence-electron chi connectivity index (χ2n) is 9.05. The molecule has 1 atom stereocenters. The number of carbonyl (C=O) groups is 2. The number of rotatable bonds is 7. The molecule has 0 radical (unpaired) electrons. The normalized spacial score (nSPS) is 16.5. The molecule has 1 unspecified atom stereocenters. The summed E-state index contributed by atoms with van der Waals surface area (Å²) < 4.78 is 0.672. The number of pyridine rings is 1. The predicted molar refractivity (Wildman–Crippen MR) is 141 cm³/mol. The van der Waals surface area contributed by atoms with Crippen molar-refractivity contribution in [3.8, 4) is 11.1 Å². The minimum Gasteiger partial charge on any atom is -0.335 e. The van der Waals surface area contributed by atoms with E-state index in [0.29, 0.717) is 30.4 Å². The molecule has 2 amide bonds. The van der Waals surface area contributed by atoms with Gasteiger partial charge in [0.05, 0.1) is 4.34 Å². The minimum absolute atomic E-state index is 0.0180. The SMILES string of the molecule is CC(C)CC1C(=O)N(Cc2ccc(-c3ccc(=O)[nH]c3)cc2)CCN1C(=O)/C=C/c1ccc(Cl)s1. The Balaban J connectivity index is 1.45. The first kappa shape index (κ1) is 24.9. The summed E-state index contributed by atoms with van der Waals surface area (Å²) in [6.07, 6.45) is 5.60. The van der Waals surface area contributed by atoms with Gasteiger partial charge in [0.2, 0.25) is 17.4 Å². The van der Waals surface area contributed by atoms with E-state index < -0.39 is 6.04 Å². The average molecular weight is 510 g/mol. The molecule has 4 rings (SSSR count). The van der Waals surface area contributed by atoms with Crippen LogP contribution in [0.3, 0.4) is 0 Å². The third kappa shape index (κ3) is 6.29. The number of nitrogens with zero attached hydrogens (tertiary/aromatic N) is 2. The van der Waals surface area contributed by atoms with Gasteiger partial charge < -0.3 is 14.8 Å². The van der Waals surface area contributed by atoms with Gasteiger partial charge in [0.1, 0.15) is 6.04 Å². The Hall–Kier alpha value is -3.16. The molecule has 0 spiro atoms. The molecule has 1 fully saturated rings.